The summed E-state index contributed by atoms with van der Waals surface area (Å²) >= 11 is 0. The van der Waals surface area contributed by atoms with Gasteiger partial charge in [0.15, 0.2) is 0 Å². The zero-order valence-corrected chi connectivity index (χ0v) is 16.0. The van der Waals surface area contributed by atoms with Crippen LogP contribution in [0.25, 0.3) is 0 Å². The molecule has 6 nitrogen and oxygen atoms in total. The molecule has 1 aliphatic rings. The quantitative estimate of drug-likeness (QED) is 0.636. The van der Waals surface area contributed by atoms with E-state index in [2.05, 4.69) is 5.32 Å². The fourth-order valence-corrected chi connectivity index (χ4v) is 2.67. The maximum Gasteiger partial charge on any atom is 0.416 e. The van der Waals surface area contributed by atoms with Gasteiger partial charge >= 0.3 is 6.18 Å². The molecule has 0 saturated carbocycles. The molecule has 1 fully saturated rings. The van der Waals surface area contributed by atoms with Crippen LogP contribution in [-0.4, -0.2) is 51.7 Å². The Morgan fingerprint density at radius 2 is 2.11 bits per heavy atom. The summed E-state index contributed by atoms with van der Waals surface area (Å²) in [7, 11) is 1.48. The predicted octanol–water partition coefficient (Wildman–Crippen LogP) is 3.64. The average molecular weight is 405 g/mol. The summed E-state index contributed by atoms with van der Waals surface area (Å²) in [6.45, 7) is 2.86. The van der Waals surface area contributed by atoms with Crippen molar-refractivity contribution in [1.82, 2.24) is 0 Å². The molecule has 1 N–H and O–H groups in total. The first-order chi connectivity index (χ1) is 13.3. The van der Waals surface area contributed by atoms with Crippen molar-refractivity contribution in [2.24, 2.45) is 0 Å². The Bertz CT molecular complexity index is 632. The molecule has 9 heteroatoms. The summed E-state index contributed by atoms with van der Waals surface area (Å²) in [5.41, 5.74) is -0.952. The lowest BCUT2D eigenvalue weighted by Crippen LogP contribution is -2.32. The zero-order valence-electron chi connectivity index (χ0n) is 16.0. The monoisotopic (exact) mass is 405 g/mol. The third kappa shape index (κ3) is 6.96. The molecule has 2 atom stereocenters. The fraction of sp³-hybridized carbons (Fsp3) is 0.632. The number of halogens is 3. The molecular weight excluding hydrogens is 379 g/mol. The van der Waals surface area contributed by atoms with E-state index in [1.165, 1.54) is 20.1 Å². The Morgan fingerprint density at radius 3 is 2.75 bits per heavy atom. The maximum atomic E-state index is 13.0. The highest BCUT2D eigenvalue weighted by atomic mass is 19.4. The number of carbonyl (C=O) groups excluding carboxylic acids is 1. The van der Waals surface area contributed by atoms with E-state index in [4.69, 9.17) is 18.9 Å². The Labute approximate surface area is 162 Å². The van der Waals surface area contributed by atoms with Gasteiger partial charge in [-0.15, -0.1) is 0 Å². The number of alkyl halides is 3. The second-order valence-electron chi connectivity index (χ2n) is 6.50. The lowest BCUT2D eigenvalue weighted by molar-refractivity contribution is -0.137. The zero-order chi connectivity index (χ0) is 20.6. The molecule has 1 heterocycles. The molecule has 0 spiro atoms. The van der Waals surface area contributed by atoms with Gasteiger partial charge in [-0.25, -0.2) is 0 Å². The summed E-state index contributed by atoms with van der Waals surface area (Å²) in [5, 5.41) is 2.47. The number of hydrogen-bond acceptors (Lipinski definition) is 5. The third-order valence-electron chi connectivity index (χ3n) is 4.29. The number of benzene rings is 1. The van der Waals surface area contributed by atoms with Crippen LogP contribution in [-0.2, 0) is 25.2 Å². The van der Waals surface area contributed by atoms with Gasteiger partial charge in [-0.3, -0.25) is 4.79 Å². The summed E-state index contributed by atoms with van der Waals surface area (Å²) in [6, 6.07) is 2.92. The molecular formula is C19H26F3NO5. The van der Waals surface area contributed by atoms with Crippen LogP contribution in [0.15, 0.2) is 18.2 Å². The molecule has 0 bridgehead atoms. The van der Waals surface area contributed by atoms with E-state index in [-0.39, 0.29) is 37.4 Å². The number of amides is 1. The predicted molar refractivity (Wildman–Crippen MR) is 96.4 cm³/mol. The first-order valence-corrected chi connectivity index (χ1v) is 9.18. The van der Waals surface area contributed by atoms with Gasteiger partial charge in [-0.2, -0.15) is 13.2 Å². The van der Waals surface area contributed by atoms with Crippen molar-refractivity contribution >= 4 is 11.6 Å². The Kier molecular flexibility index (Phi) is 8.53. The van der Waals surface area contributed by atoms with Crippen molar-refractivity contribution in [2.45, 2.75) is 44.6 Å². The van der Waals surface area contributed by atoms with Gasteiger partial charge in [0.25, 0.3) is 5.91 Å². The van der Waals surface area contributed by atoms with Crippen LogP contribution in [0.1, 0.15) is 31.7 Å². The molecule has 0 aromatic heterocycles. The Hall–Kier alpha value is -1.84. The normalized spacial score (nSPS) is 18.5. The minimum absolute atomic E-state index is 0.0644. The van der Waals surface area contributed by atoms with Gasteiger partial charge in [0, 0.05) is 13.7 Å². The molecule has 0 radical (unpaired) electrons. The van der Waals surface area contributed by atoms with E-state index in [1.54, 1.807) is 0 Å². The molecule has 0 aliphatic carbocycles. The first-order valence-electron chi connectivity index (χ1n) is 9.18. The number of carbonyl (C=O) groups is 1. The maximum absolute atomic E-state index is 13.0. The Morgan fingerprint density at radius 1 is 1.32 bits per heavy atom. The summed E-state index contributed by atoms with van der Waals surface area (Å²) in [5.74, 6) is -0.437. The van der Waals surface area contributed by atoms with Crippen molar-refractivity contribution in [3.8, 4) is 5.75 Å². The van der Waals surface area contributed by atoms with E-state index in [0.29, 0.717) is 6.61 Å². The van der Waals surface area contributed by atoms with E-state index >= 15 is 0 Å². The van der Waals surface area contributed by atoms with Gasteiger partial charge in [-0.05, 0) is 44.4 Å². The van der Waals surface area contributed by atoms with E-state index in [9.17, 15) is 18.0 Å². The lowest BCUT2D eigenvalue weighted by atomic mass is 10.1. The van der Waals surface area contributed by atoms with Crippen molar-refractivity contribution < 1.29 is 36.9 Å². The lowest BCUT2D eigenvalue weighted by Gasteiger charge is -2.24. The SMILES string of the molecule is COCCOc1ccc(C(F)(F)F)cc1NC(=O)C(C)OCC1CCCCO1. The molecule has 2 unspecified atom stereocenters. The van der Waals surface area contributed by atoms with Crippen molar-refractivity contribution in [3.63, 3.8) is 0 Å². The third-order valence-corrected chi connectivity index (χ3v) is 4.29. The largest absolute Gasteiger partial charge is 0.489 e. The second kappa shape index (κ2) is 10.6. The van der Waals surface area contributed by atoms with E-state index < -0.39 is 23.8 Å². The summed E-state index contributed by atoms with van der Waals surface area (Å²) in [4.78, 5) is 12.4. The highest BCUT2D eigenvalue weighted by molar-refractivity contribution is 5.95. The van der Waals surface area contributed by atoms with Crippen LogP contribution in [0, 0.1) is 0 Å². The molecule has 1 saturated heterocycles. The fourth-order valence-electron chi connectivity index (χ4n) is 2.67. The van der Waals surface area contributed by atoms with Gasteiger partial charge < -0.3 is 24.3 Å². The van der Waals surface area contributed by atoms with Crippen LogP contribution in [0.5, 0.6) is 5.75 Å². The Balaban J connectivity index is 2.02. The van der Waals surface area contributed by atoms with Gasteiger partial charge in [0.1, 0.15) is 18.5 Å². The molecule has 1 amide bonds. The van der Waals surface area contributed by atoms with E-state index in [1.807, 2.05) is 0 Å². The molecule has 1 aliphatic heterocycles. The van der Waals surface area contributed by atoms with Crippen LogP contribution in [0.2, 0.25) is 0 Å². The number of nitrogens with one attached hydrogen (secondary N) is 1. The van der Waals surface area contributed by atoms with Crippen LogP contribution < -0.4 is 10.1 Å². The smallest absolute Gasteiger partial charge is 0.416 e. The number of rotatable bonds is 9. The minimum Gasteiger partial charge on any atom is -0.489 e. The molecule has 28 heavy (non-hydrogen) atoms. The van der Waals surface area contributed by atoms with Crippen molar-refractivity contribution in [3.05, 3.63) is 23.8 Å². The summed E-state index contributed by atoms with van der Waals surface area (Å²) < 4.78 is 60.4. The van der Waals surface area contributed by atoms with Crippen LogP contribution in [0.4, 0.5) is 18.9 Å². The average Bonchev–Trinajstić information content (AvgIpc) is 2.67. The van der Waals surface area contributed by atoms with Crippen LogP contribution >= 0.6 is 0 Å². The molecule has 2 rings (SSSR count). The highest BCUT2D eigenvalue weighted by Gasteiger charge is 2.31. The first kappa shape index (κ1) is 22.4. The second-order valence-corrected chi connectivity index (χ2v) is 6.50. The topological polar surface area (TPSA) is 66.0 Å². The van der Waals surface area contributed by atoms with Crippen LogP contribution in [0.3, 0.4) is 0 Å². The van der Waals surface area contributed by atoms with Crippen molar-refractivity contribution in [1.29, 1.82) is 0 Å². The van der Waals surface area contributed by atoms with Gasteiger partial charge in [0.05, 0.1) is 30.6 Å². The molecule has 1 aromatic carbocycles. The number of ether oxygens (including phenoxy) is 4. The molecule has 158 valence electrons. The standard InChI is InChI=1S/C19H26F3NO5/c1-13(28-12-15-5-3-4-8-26-15)18(24)23-16-11-14(19(20,21)22)6-7-17(16)27-10-9-25-2/h6-7,11,13,15H,3-5,8-10,12H2,1-2H3,(H,23,24). The summed E-state index contributed by atoms with van der Waals surface area (Å²) in [6.07, 6.45) is -2.54. The van der Waals surface area contributed by atoms with Gasteiger partial charge in [0.2, 0.25) is 0 Å². The van der Waals surface area contributed by atoms with Gasteiger partial charge in [-0.1, -0.05) is 0 Å². The van der Waals surface area contributed by atoms with E-state index in [0.717, 1.165) is 31.4 Å². The number of hydrogen-bond donors (Lipinski definition) is 1. The minimum atomic E-state index is -4.54. The number of anilines is 1. The highest BCUT2D eigenvalue weighted by Crippen LogP contribution is 2.35. The number of methoxy groups -OCH3 is 1. The molecule has 1 aromatic rings. The van der Waals surface area contributed by atoms with Crippen molar-refractivity contribution in [2.75, 3.05) is 38.9 Å².